The quantitative estimate of drug-likeness (QED) is 0.377. The molecule has 0 radical (unpaired) electrons. The van der Waals surface area contributed by atoms with Crippen molar-refractivity contribution in [1.82, 2.24) is 15.4 Å². The van der Waals surface area contributed by atoms with Crippen LogP contribution in [0.4, 0.5) is 31.8 Å². The smallest absolute Gasteiger partial charge is 0.355 e. The molecule has 10 nitrogen and oxygen atoms in total. The van der Waals surface area contributed by atoms with E-state index < -0.39 is 34.0 Å². The predicted octanol–water partition coefficient (Wildman–Crippen LogP) is 2.93. The zero-order chi connectivity index (χ0) is 21.5. The van der Waals surface area contributed by atoms with E-state index in [1.54, 1.807) is 30.3 Å². The van der Waals surface area contributed by atoms with Crippen molar-refractivity contribution in [1.29, 1.82) is 0 Å². The molecule has 0 bridgehead atoms. The summed E-state index contributed by atoms with van der Waals surface area (Å²) in [7, 11) is 0. The standard InChI is InChI=1S/C18H14F2N6O4/c19-11-6-7-13(20)14(8-11)23-17-16(26(28)29)18(22-10-21-17)25-24-15(27)9-30-12-4-2-1-3-5-12/h1-8,10H,9H2,(H,24,27)(H2,21,22,23,25). The molecule has 30 heavy (non-hydrogen) atoms. The topological polar surface area (TPSA) is 131 Å². The molecule has 3 N–H and O–H groups in total. The maximum Gasteiger partial charge on any atom is 0.355 e. The molecular weight excluding hydrogens is 402 g/mol. The molecule has 0 fully saturated rings. The van der Waals surface area contributed by atoms with Gasteiger partial charge in [0.2, 0.25) is 11.6 Å². The number of carbonyl (C=O) groups is 1. The lowest BCUT2D eigenvalue weighted by atomic mass is 10.3. The van der Waals surface area contributed by atoms with Crippen LogP contribution < -0.4 is 20.9 Å². The fraction of sp³-hybridized carbons (Fsp3) is 0.0556. The Morgan fingerprint density at radius 2 is 1.83 bits per heavy atom. The number of hydrogen-bond donors (Lipinski definition) is 3. The minimum absolute atomic E-state index is 0.358. The van der Waals surface area contributed by atoms with Gasteiger partial charge in [-0.3, -0.25) is 25.8 Å². The molecule has 1 heterocycles. The Balaban J connectivity index is 1.72. The second-order valence-electron chi connectivity index (χ2n) is 5.70. The number of halogens is 2. The van der Waals surface area contributed by atoms with Gasteiger partial charge >= 0.3 is 5.69 Å². The highest BCUT2D eigenvalue weighted by molar-refractivity contribution is 5.80. The lowest BCUT2D eigenvalue weighted by molar-refractivity contribution is -0.383. The van der Waals surface area contributed by atoms with Crippen molar-refractivity contribution in [2.24, 2.45) is 0 Å². The Labute approximate surface area is 168 Å². The zero-order valence-corrected chi connectivity index (χ0v) is 15.1. The largest absolute Gasteiger partial charge is 0.484 e. The van der Waals surface area contributed by atoms with Gasteiger partial charge in [0.1, 0.15) is 23.7 Å². The van der Waals surface area contributed by atoms with Crippen molar-refractivity contribution < 1.29 is 23.2 Å². The molecule has 2 aromatic carbocycles. The number of anilines is 3. The van der Waals surface area contributed by atoms with Gasteiger partial charge < -0.3 is 10.1 Å². The average molecular weight is 416 g/mol. The van der Waals surface area contributed by atoms with E-state index in [1.807, 2.05) is 0 Å². The fourth-order valence-corrected chi connectivity index (χ4v) is 2.29. The van der Waals surface area contributed by atoms with Crippen molar-refractivity contribution in [2.75, 3.05) is 17.3 Å². The number of carbonyl (C=O) groups excluding carboxylic acids is 1. The van der Waals surface area contributed by atoms with Gasteiger partial charge in [0, 0.05) is 6.07 Å². The predicted molar refractivity (Wildman–Crippen MR) is 102 cm³/mol. The molecule has 0 unspecified atom stereocenters. The third-order valence-electron chi connectivity index (χ3n) is 3.62. The van der Waals surface area contributed by atoms with Gasteiger partial charge in [-0.15, -0.1) is 0 Å². The molecule has 12 heteroatoms. The zero-order valence-electron chi connectivity index (χ0n) is 15.1. The Morgan fingerprint density at radius 3 is 2.57 bits per heavy atom. The van der Waals surface area contributed by atoms with Crippen molar-refractivity contribution in [3.8, 4) is 5.75 Å². The monoisotopic (exact) mass is 416 g/mol. The third kappa shape index (κ3) is 5.13. The molecule has 0 aliphatic heterocycles. The van der Waals surface area contributed by atoms with Crippen LogP contribution in [0.15, 0.2) is 54.9 Å². The van der Waals surface area contributed by atoms with Crippen LogP contribution in [0.5, 0.6) is 5.75 Å². The van der Waals surface area contributed by atoms with Crippen LogP contribution in [-0.2, 0) is 4.79 Å². The first-order valence-corrected chi connectivity index (χ1v) is 8.38. The Morgan fingerprint density at radius 1 is 1.10 bits per heavy atom. The van der Waals surface area contributed by atoms with E-state index in [-0.39, 0.29) is 18.1 Å². The number of benzene rings is 2. The molecule has 3 rings (SSSR count). The second-order valence-corrected chi connectivity index (χ2v) is 5.70. The molecule has 1 amide bonds. The Kier molecular flexibility index (Phi) is 6.27. The lowest BCUT2D eigenvalue weighted by Gasteiger charge is -2.11. The number of amides is 1. The Hall–Kier alpha value is -4.35. The normalized spacial score (nSPS) is 10.2. The van der Waals surface area contributed by atoms with Crippen LogP contribution in [0.25, 0.3) is 0 Å². The number of nitrogens with one attached hydrogen (secondary N) is 3. The van der Waals surface area contributed by atoms with Crippen LogP contribution >= 0.6 is 0 Å². The summed E-state index contributed by atoms with van der Waals surface area (Å²) in [4.78, 5) is 30.0. The number of nitro groups is 1. The maximum absolute atomic E-state index is 13.8. The van der Waals surface area contributed by atoms with Gasteiger partial charge in [-0.2, -0.15) is 0 Å². The number of hydrazine groups is 1. The molecule has 0 saturated heterocycles. The highest BCUT2D eigenvalue weighted by Crippen LogP contribution is 2.31. The van der Waals surface area contributed by atoms with Gasteiger partial charge in [-0.25, -0.2) is 18.7 Å². The van der Waals surface area contributed by atoms with E-state index in [0.29, 0.717) is 5.75 Å². The SMILES string of the molecule is O=C(COc1ccccc1)NNc1ncnc(Nc2cc(F)ccc2F)c1[N+](=O)[O-]. The number of para-hydroxylation sites is 1. The van der Waals surface area contributed by atoms with E-state index in [2.05, 4.69) is 26.1 Å². The van der Waals surface area contributed by atoms with E-state index in [1.165, 1.54) is 0 Å². The molecule has 1 aromatic heterocycles. The van der Waals surface area contributed by atoms with Gasteiger partial charge in [-0.05, 0) is 24.3 Å². The first-order chi connectivity index (χ1) is 14.4. The van der Waals surface area contributed by atoms with Crippen LogP contribution in [0.2, 0.25) is 0 Å². The minimum Gasteiger partial charge on any atom is -0.484 e. The van der Waals surface area contributed by atoms with E-state index in [4.69, 9.17) is 4.74 Å². The van der Waals surface area contributed by atoms with Crippen molar-refractivity contribution in [3.05, 3.63) is 76.6 Å². The highest BCUT2D eigenvalue weighted by Gasteiger charge is 2.24. The number of nitrogens with zero attached hydrogens (tertiary/aromatic N) is 3. The van der Waals surface area contributed by atoms with Crippen LogP contribution in [0.3, 0.4) is 0 Å². The van der Waals surface area contributed by atoms with Gasteiger partial charge in [0.15, 0.2) is 6.61 Å². The van der Waals surface area contributed by atoms with Crippen molar-refractivity contribution in [3.63, 3.8) is 0 Å². The summed E-state index contributed by atoms with van der Waals surface area (Å²) >= 11 is 0. The third-order valence-corrected chi connectivity index (χ3v) is 3.62. The van der Waals surface area contributed by atoms with Crippen LogP contribution in [-0.4, -0.2) is 27.4 Å². The summed E-state index contributed by atoms with van der Waals surface area (Å²) in [6.45, 7) is -0.366. The Bertz CT molecular complexity index is 1070. The molecule has 3 aromatic rings. The second kappa shape index (κ2) is 9.23. The van der Waals surface area contributed by atoms with E-state index in [0.717, 1.165) is 24.5 Å². The summed E-state index contributed by atoms with van der Waals surface area (Å²) in [5.74, 6) is -2.55. The minimum atomic E-state index is -0.842. The average Bonchev–Trinajstić information content (AvgIpc) is 2.74. The molecule has 0 saturated carbocycles. The maximum atomic E-state index is 13.8. The van der Waals surface area contributed by atoms with Gasteiger partial charge in [-0.1, -0.05) is 18.2 Å². The summed E-state index contributed by atoms with van der Waals surface area (Å²) in [5, 5.41) is 13.8. The summed E-state index contributed by atoms with van der Waals surface area (Å²) in [5.41, 5.74) is 3.46. The first-order valence-electron chi connectivity index (χ1n) is 8.38. The number of hydrogen-bond acceptors (Lipinski definition) is 8. The van der Waals surface area contributed by atoms with Gasteiger partial charge in [0.05, 0.1) is 10.6 Å². The molecule has 0 atom stereocenters. The highest BCUT2D eigenvalue weighted by atomic mass is 19.1. The van der Waals surface area contributed by atoms with Gasteiger partial charge in [0.25, 0.3) is 5.91 Å². The molecule has 0 aliphatic carbocycles. The van der Waals surface area contributed by atoms with E-state index in [9.17, 15) is 23.7 Å². The molecule has 154 valence electrons. The van der Waals surface area contributed by atoms with E-state index >= 15 is 0 Å². The van der Waals surface area contributed by atoms with Crippen molar-refractivity contribution in [2.45, 2.75) is 0 Å². The van der Waals surface area contributed by atoms with Crippen molar-refractivity contribution >= 4 is 28.9 Å². The molecule has 0 spiro atoms. The van der Waals surface area contributed by atoms with Crippen LogP contribution in [0.1, 0.15) is 0 Å². The first kappa shape index (κ1) is 20.4. The summed E-state index contributed by atoms with van der Waals surface area (Å²) < 4.78 is 32.4. The lowest BCUT2D eigenvalue weighted by Crippen LogP contribution is -2.34. The number of aromatic nitrogens is 2. The summed E-state index contributed by atoms with van der Waals surface area (Å²) in [6.07, 6.45) is 0.946. The van der Waals surface area contributed by atoms with Crippen LogP contribution in [0, 0.1) is 21.7 Å². The summed E-state index contributed by atoms with van der Waals surface area (Å²) in [6, 6.07) is 11.1. The number of ether oxygens (including phenoxy) is 1. The molecule has 0 aliphatic rings. The fourth-order valence-electron chi connectivity index (χ4n) is 2.29. The number of rotatable bonds is 8. The molecular formula is C18H14F2N6O4.